The zero-order chi connectivity index (χ0) is 21.6. The Kier molecular flexibility index (Phi) is 7.14. The molecule has 1 saturated carbocycles. The predicted molar refractivity (Wildman–Crippen MR) is 124 cm³/mol. The van der Waals surface area contributed by atoms with Crippen LogP contribution in [0.4, 0.5) is 4.79 Å². The number of carbonyl (C=O) groups excluding carboxylic acids is 1. The summed E-state index contributed by atoms with van der Waals surface area (Å²) in [5, 5.41) is 6.91. The maximum atomic E-state index is 12.1. The number of aromatic nitrogens is 2. The number of hydrogen-bond acceptors (Lipinski definition) is 6. The van der Waals surface area contributed by atoms with Gasteiger partial charge in [0.1, 0.15) is 11.3 Å². The molecular formula is C24H30N4O2S. The molecule has 1 aliphatic carbocycles. The minimum atomic E-state index is -0.409. The fourth-order valence-corrected chi connectivity index (χ4v) is 5.32. The topological polar surface area (TPSA) is 67.4 Å². The summed E-state index contributed by atoms with van der Waals surface area (Å²) in [6.07, 6.45) is 5.48. The molecule has 1 amide bonds. The molecule has 0 saturated heterocycles. The lowest BCUT2D eigenvalue weighted by Crippen LogP contribution is -2.32. The van der Waals surface area contributed by atoms with Crippen molar-refractivity contribution < 1.29 is 9.53 Å². The molecule has 1 aromatic heterocycles. The van der Waals surface area contributed by atoms with Crippen molar-refractivity contribution in [3.63, 3.8) is 0 Å². The van der Waals surface area contributed by atoms with Gasteiger partial charge >= 0.3 is 6.09 Å². The first-order chi connectivity index (χ1) is 15.1. The van der Waals surface area contributed by atoms with Crippen molar-refractivity contribution in [1.82, 2.24) is 19.8 Å². The van der Waals surface area contributed by atoms with Crippen LogP contribution in [0.2, 0.25) is 0 Å². The minimum Gasteiger partial charge on any atom is -0.410 e. The first-order valence-electron chi connectivity index (χ1n) is 11.0. The van der Waals surface area contributed by atoms with E-state index in [1.165, 1.54) is 42.8 Å². The Hall–Kier alpha value is -2.51. The molecule has 1 aliphatic rings. The molecule has 3 aromatic rings. The highest BCUT2D eigenvalue weighted by Gasteiger charge is 2.29. The molecule has 0 aliphatic heterocycles. The van der Waals surface area contributed by atoms with Crippen LogP contribution < -0.4 is 10.1 Å². The summed E-state index contributed by atoms with van der Waals surface area (Å²) in [6.45, 7) is 0.643. The number of rotatable bonds is 7. The molecule has 1 fully saturated rings. The van der Waals surface area contributed by atoms with Crippen molar-refractivity contribution in [2.75, 3.05) is 20.6 Å². The fourth-order valence-electron chi connectivity index (χ4n) is 4.78. The Morgan fingerprint density at radius 3 is 2.68 bits per heavy atom. The summed E-state index contributed by atoms with van der Waals surface area (Å²) in [4.78, 5) is 14.5. The van der Waals surface area contributed by atoms with E-state index in [2.05, 4.69) is 64.2 Å². The summed E-state index contributed by atoms with van der Waals surface area (Å²) < 4.78 is 10.3. The van der Waals surface area contributed by atoms with E-state index < -0.39 is 6.09 Å². The van der Waals surface area contributed by atoms with E-state index in [1.807, 2.05) is 6.07 Å². The van der Waals surface area contributed by atoms with Gasteiger partial charge in [0.2, 0.25) is 0 Å². The van der Waals surface area contributed by atoms with Crippen molar-refractivity contribution in [2.24, 2.45) is 11.8 Å². The minimum absolute atomic E-state index is 0.409. The summed E-state index contributed by atoms with van der Waals surface area (Å²) in [6, 6.07) is 16.7. The van der Waals surface area contributed by atoms with Gasteiger partial charge in [-0.25, -0.2) is 4.79 Å². The highest BCUT2D eigenvalue weighted by molar-refractivity contribution is 7.12. The van der Waals surface area contributed by atoms with Gasteiger partial charge in [0.05, 0.1) is 4.70 Å². The van der Waals surface area contributed by atoms with E-state index in [0.29, 0.717) is 30.2 Å². The number of fused-ring (bicyclic) bond motifs is 1. The van der Waals surface area contributed by atoms with Gasteiger partial charge in [-0.05, 0) is 74.4 Å². The van der Waals surface area contributed by atoms with Gasteiger partial charge in [-0.15, -0.1) is 5.10 Å². The zero-order valence-electron chi connectivity index (χ0n) is 18.2. The zero-order valence-corrected chi connectivity index (χ0v) is 19.0. The maximum Gasteiger partial charge on any atom is 0.412 e. The molecule has 0 bridgehead atoms. The van der Waals surface area contributed by atoms with Crippen LogP contribution in [-0.4, -0.2) is 41.2 Å². The second-order valence-corrected chi connectivity index (χ2v) is 9.39. The number of hydrogen-bond donors (Lipinski definition) is 1. The van der Waals surface area contributed by atoms with E-state index in [-0.39, 0.29) is 0 Å². The molecule has 1 atom stereocenters. The van der Waals surface area contributed by atoms with Gasteiger partial charge in [-0.2, -0.15) is 0 Å². The first kappa shape index (κ1) is 21.7. The molecule has 31 heavy (non-hydrogen) atoms. The van der Waals surface area contributed by atoms with Crippen molar-refractivity contribution in [1.29, 1.82) is 0 Å². The second-order valence-electron chi connectivity index (χ2n) is 8.61. The number of nitrogens with one attached hydrogen (secondary N) is 1. The molecule has 4 rings (SSSR count). The van der Waals surface area contributed by atoms with Gasteiger partial charge in [-0.1, -0.05) is 47.7 Å². The van der Waals surface area contributed by atoms with Crippen LogP contribution in [-0.2, 0) is 0 Å². The van der Waals surface area contributed by atoms with Crippen LogP contribution in [0.15, 0.2) is 48.5 Å². The number of ether oxygens (including phenoxy) is 1. The highest BCUT2D eigenvalue weighted by Crippen LogP contribution is 2.40. The smallest absolute Gasteiger partial charge is 0.410 e. The quantitative estimate of drug-likeness (QED) is 0.544. The number of carbonyl (C=O) groups is 1. The van der Waals surface area contributed by atoms with E-state index in [9.17, 15) is 4.79 Å². The third-order valence-corrected chi connectivity index (χ3v) is 6.99. The largest absolute Gasteiger partial charge is 0.412 e. The lowest BCUT2D eigenvalue weighted by molar-refractivity contribution is 0.146. The Bertz CT molecular complexity index is 983. The average molecular weight is 439 g/mol. The molecule has 164 valence electrons. The summed E-state index contributed by atoms with van der Waals surface area (Å²) in [7, 11) is 4.37. The van der Waals surface area contributed by atoms with Crippen molar-refractivity contribution >= 4 is 27.8 Å². The first-order valence-corrected chi connectivity index (χ1v) is 11.8. The molecule has 1 N–H and O–H groups in total. The van der Waals surface area contributed by atoms with Crippen LogP contribution in [0.1, 0.15) is 43.7 Å². The molecule has 2 aromatic carbocycles. The number of amides is 1. The lowest BCUT2D eigenvalue weighted by Gasteiger charge is -2.37. The average Bonchev–Trinajstić information content (AvgIpc) is 3.23. The molecule has 0 spiro atoms. The number of nitrogens with zero attached hydrogens (tertiary/aromatic N) is 3. The summed E-state index contributed by atoms with van der Waals surface area (Å²) in [5.41, 5.74) is 2.16. The van der Waals surface area contributed by atoms with Crippen LogP contribution >= 0.6 is 11.5 Å². The van der Waals surface area contributed by atoms with E-state index in [1.54, 1.807) is 12.1 Å². The van der Waals surface area contributed by atoms with Crippen LogP contribution in [0.5, 0.6) is 5.75 Å². The third kappa shape index (κ3) is 5.60. The van der Waals surface area contributed by atoms with Gasteiger partial charge in [0.25, 0.3) is 0 Å². The Morgan fingerprint density at radius 1 is 1.16 bits per heavy atom. The molecule has 6 nitrogen and oxygen atoms in total. The van der Waals surface area contributed by atoms with Crippen LogP contribution in [0, 0.1) is 11.8 Å². The summed E-state index contributed by atoms with van der Waals surface area (Å²) in [5.74, 6) is 1.84. The third-order valence-electron chi connectivity index (χ3n) is 6.29. The Labute approximate surface area is 187 Å². The summed E-state index contributed by atoms with van der Waals surface area (Å²) >= 11 is 1.33. The van der Waals surface area contributed by atoms with Gasteiger partial charge in [-0.3, -0.25) is 0 Å². The van der Waals surface area contributed by atoms with E-state index >= 15 is 0 Å². The maximum absolute atomic E-state index is 12.1. The lowest BCUT2D eigenvalue weighted by atomic mass is 9.75. The fraction of sp³-hybridized carbons (Fsp3) is 0.458. The molecular weight excluding hydrogens is 408 g/mol. The van der Waals surface area contributed by atoms with Crippen LogP contribution in [0.25, 0.3) is 10.2 Å². The van der Waals surface area contributed by atoms with Crippen molar-refractivity contribution in [3.8, 4) is 5.75 Å². The predicted octanol–water partition coefficient (Wildman–Crippen LogP) is 5.28. The van der Waals surface area contributed by atoms with Gasteiger partial charge in [0, 0.05) is 18.7 Å². The van der Waals surface area contributed by atoms with E-state index in [4.69, 9.17) is 4.74 Å². The van der Waals surface area contributed by atoms with Gasteiger partial charge < -0.3 is 15.0 Å². The molecule has 1 unspecified atom stereocenters. The number of benzene rings is 2. The molecule has 0 radical (unpaired) electrons. The Morgan fingerprint density at radius 2 is 1.94 bits per heavy atom. The van der Waals surface area contributed by atoms with Crippen molar-refractivity contribution in [2.45, 2.75) is 38.1 Å². The Balaban J connectivity index is 1.20. The SMILES string of the molecule is CN(C)C(c1ccccc1)C1CCC(CCNC(=O)Oc2ccc3snnc3c2)CC1. The molecule has 7 heteroatoms. The van der Waals surface area contributed by atoms with Gasteiger partial charge in [0.15, 0.2) is 0 Å². The van der Waals surface area contributed by atoms with E-state index in [0.717, 1.165) is 16.6 Å². The second kappa shape index (κ2) is 10.2. The molecule has 1 heterocycles. The standard InChI is InChI=1S/C24H30N4O2S/c1-28(2)23(18-6-4-3-5-7-18)19-10-8-17(9-11-19)14-15-25-24(29)30-20-12-13-22-21(16-20)26-27-31-22/h3-7,12-13,16-17,19,23H,8-11,14-15H2,1-2H3,(H,25,29). The van der Waals surface area contributed by atoms with Crippen LogP contribution in [0.3, 0.4) is 0 Å². The normalized spacial score (nSPS) is 20.0. The highest BCUT2D eigenvalue weighted by atomic mass is 32.1. The van der Waals surface area contributed by atoms with Crippen molar-refractivity contribution in [3.05, 3.63) is 54.1 Å². The monoisotopic (exact) mass is 438 g/mol.